The molecule has 110 valence electrons. The summed E-state index contributed by atoms with van der Waals surface area (Å²) in [6, 6.07) is 6.19. The lowest BCUT2D eigenvalue weighted by molar-refractivity contribution is 0.408. The maximum atomic E-state index is 5.85. The lowest BCUT2D eigenvalue weighted by atomic mass is 10.1. The van der Waals surface area contributed by atoms with Crippen LogP contribution in [0, 0.1) is 6.92 Å². The van der Waals surface area contributed by atoms with Gasteiger partial charge in [-0.05, 0) is 39.1 Å². The van der Waals surface area contributed by atoms with Gasteiger partial charge in [0.15, 0.2) is 11.6 Å². The number of likely N-dealkylation sites (N-methyl/N-ethyl adjacent to an activating group) is 1. The molecule has 0 amide bonds. The van der Waals surface area contributed by atoms with Crippen molar-refractivity contribution in [1.82, 2.24) is 15.5 Å². The Morgan fingerprint density at radius 1 is 1.38 bits per heavy atom. The van der Waals surface area contributed by atoms with Gasteiger partial charge in [-0.15, -0.1) is 0 Å². The van der Waals surface area contributed by atoms with Gasteiger partial charge in [0.05, 0.1) is 0 Å². The molecule has 0 saturated carbocycles. The van der Waals surface area contributed by atoms with Crippen LogP contribution in [-0.4, -0.2) is 23.2 Å². The van der Waals surface area contributed by atoms with E-state index in [1.165, 1.54) is 0 Å². The third-order valence-corrected chi connectivity index (χ3v) is 4.04. The number of hydrogen-bond donors (Lipinski definition) is 1. The number of nitrogens with one attached hydrogen (secondary N) is 1. The summed E-state index contributed by atoms with van der Waals surface area (Å²) in [4.78, 5) is 4.42. The van der Waals surface area contributed by atoms with Crippen LogP contribution in [-0.2, 0) is 6.42 Å². The van der Waals surface area contributed by atoms with Crippen molar-refractivity contribution >= 4 is 26.9 Å². The lowest BCUT2D eigenvalue weighted by Gasteiger charge is -2.04. The Morgan fingerprint density at radius 2 is 2.19 bits per heavy atom. The molecule has 0 saturated heterocycles. The second kappa shape index (κ2) is 5.61. The minimum atomic E-state index is 0.295. The minimum Gasteiger partial charge on any atom is -0.451 e. The number of fused-ring (bicyclic) bond motifs is 1. The first-order valence-electron chi connectivity index (χ1n) is 6.77. The first-order chi connectivity index (χ1) is 10.1. The van der Waals surface area contributed by atoms with Gasteiger partial charge >= 0.3 is 0 Å². The predicted molar refractivity (Wildman–Crippen MR) is 84.2 cm³/mol. The molecule has 6 heteroatoms. The van der Waals surface area contributed by atoms with Crippen LogP contribution in [0.15, 0.2) is 31.6 Å². The average Bonchev–Trinajstić information content (AvgIpc) is 3.04. The van der Waals surface area contributed by atoms with E-state index in [1.54, 1.807) is 0 Å². The Morgan fingerprint density at radius 3 is 2.95 bits per heavy atom. The highest BCUT2D eigenvalue weighted by atomic mass is 79.9. The van der Waals surface area contributed by atoms with Crippen molar-refractivity contribution < 1.29 is 8.94 Å². The van der Waals surface area contributed by atoms with Gasteiger partial charge in [0.2, 0.25) is 0 Å². The Kier molecular flexibility index (Phi) is 3.82. The number of hydrogen-bond acceptors (Lipinski definition) is 5. The molecule has 1 unspecified atom stereocenters. The van der Waals surface area contributed by atoms with Crippen molar-refractivity contribution in [3.8, 4) is 11.7 Å². The molecular weight excluding hydrogens is 334 g/mol. The Hall–Kier alpha value is -1.66. The SMILES string of the molecule is CNC(C)Cc1noc(-c2oc3ccc(Br)cc3c2C)n1. The van der Waals surface area contributed by atoms with E-state index in [2.05, 4.69) is 38.3 Å². The molecule has 0 aliphatic rings. The molecule has 0 aliphatic heterocycles. The summed E-state index contributed by atoms with van der Waals surface area (Å²) >= 11 is 3.47. The summed E-state index contributed by atoms with van der Waals surface area (Å²) < 4.78 is 12.2. The van der Waals surface area contributed by atoms with E-state index in [4.69, 9.17) is 8.94 Å². The zero-order valence-electron chi connectivity index (χ0n) is 12.1. The zero-order chi connectivity index (χ0) is 15.0. The molecule has 1 atom stereocenters. The molecule has 1 N–H and O–H groups in total. The molecule has 0 aliphatic carbocycles. The molecule has 0 fully saturated rings. The highest BCUT2D eigenvalue weighted by molar-refractivity contribution is 9.10. The Labute approximate surface area is 130 Å². The van der Waals surface area contributed by atoms with Crippen molar-refractivity contribution in [2.24, 2.45) is 0 Å². The van der Waals surface area contributed by atoms with Crippen LogP contribution in [0.1, 0.15) is 18.3 Å². The fourth-order valence-corrected chi connectivity index (χ4v) is 2.56. The second-order valence-corrected chi connectivity index (χ2v) is 6.02. The molecule has 21 heavy (non-hydrogen) atoms. The van der Waals surface area contributed by atoms with E-state index in [9.17, 15) is 0 Å². The molecule has 2 aromatic heterocycles. The maximum Gasteiger partial charge on any atom is 0.293 e. The third-order valence-electron chi connectivity index (χ3n) is 3.54. The average molecular weight is 350 g/mol. The van der Waals surface area contributed by atoms with Gasteiger partial charge in [-0.25, -0.2) is 0 Å². The second-order valence-electron chi connectivity index (χ2n) is 5.11. The Balaban J connectivity index is 1.99. The molecule has 3 rings (SSSR count). The summed E-state index contributed by atoms with van der Waals surface area (Å²) in [5.41, 5.74) is 1.82. The van der Waals surface area contributed by atoms with Crippen LogP contribution >= 0.6 is 15.9 Å². The smallest absolute Gasteiger partial charge is 0.293 e. The van der Waals surface area contributed by atoms with Crippen LogP contribution in [0.4, 0.5) is 0 Å². The van der Waals surface area contributed by atoms with Crippen molar-refractivity contribution in [3.63, 3.8) is 0 Å². The number of benzene rings is 1. The highest BCUT2D eigenvalue weighted by Crippen LogP contribution is 2.33. The number of aryl methyl sites for hydroxylation is 1. The fourth-order valence-electron chi connectivity index (χ4n) is 2.20. The van der Waals surface area contributed by atoms with Gasteiger partial charge < -0.3 is 14.3 Å². The van der Waals surface area contributed by atoms with Crippen molar-refractivity contribution in [2.75, 3.05) is 7.05 Å². The molecule has 0 radical (unpaired) electrons. The summed E-state index contributed by atoms with van der Waals surface area (Å²) in [6.45, 7) is 4.06. The molecule has 3 aromatic rings. The van der Waals surface area contributed by atoms with Gasteiger partial charge in [0.25, 0.3) is 5.89 Å². The standard InChI is InChI=1S/C15H16BrN3O2/c1-8(17-3)6-13-18-15(21-19-13)14-9(2)11-7-10(16)4-5-12(11)20-14/h4-5,7-8,17H,6H2,1-3H3. The number of furan rings is 1. The molecule has 5 nitrogen and oxygen atoms in total. The molecular formula is C15H16BrN3O2. The predicted octanol–water partition coefficient (Wildman–Crippen LogP) is 3.70. The van der Waals surface area contributed by atoms with Crippen LogP contribution in [0.3, 0.4) is 0 Å². The number of aromatic nitrogens is 2. The molecule has 0 bridgehead atoms. The van der Waals surface area contributed by atoms with Crippen molar-refractivity contribution in [3.05, 3.63) is 34.1 Å². The summed E-state index contributed by atoms with van der Waals surface area (Å²) in [7, 11) is 1.91. The quantitative estimate of drug-likeness (QED) is 0.777. The topological polar surface area (TPSA) is 64.1 Å². The number of rotatable bonds is 4. The van der Waals surface area contributed by atoms with Crippen molar-refractivity contribution in [1.29, 1.82) is 0 Å². The minimum absolute atomic E-state index is 0.295. The molecule has 1 aromatic carbocycles. The normalized spacial score (nSPS) is 13.0. The first kappa shape index (κ1) is 14.3. The van der Waals surface area contributed by atoms with Crippen molar-refractivity contribution in [2.45, 2.75) is 26.3 Å². The van der Waals surface area contributed by atoms with Crippen LogP contribution in [0.5, 0.6) is 0 Å². The van der Waals surface area contributed by atoms with E-state index in [1.807, 2.05) is 32.2 Å². The monoisotopic (exact) mass is 349 g/mol. The lowest BCUT2D eigenvalue weighted by Crippen LogP contribution is -2.24. The number of halogens is 1. The molecule has 0 spiro atoms. The third kappa shape index (κ3) is 2.73. The van der Waals surface area contributed by atoms with E-state index in [-0.39, 0.29) is 0 Å². The van der Waals surface area contributed by atoms with Crippen LogP contribution in [0.25, 0.3) is 22.6 Å². The van der Waals surface area contributed by atoms with Gasteiger partial charge in [-0.1, -0.05) is 21.1 Å². The van der Waals surface area contributed by atoms with Gasteiger partial charge in [0, 0.05) is 27.9 Å². The maximum absolute atomic E-state index is 5.85. The van der Waals surface area contributed by atoms with Crippen LogP contribution < -0.4 is 5.32 Å². The van der Waals surface area contributed by atoms with E-state index in [0.29, 0.717) is 29.9 Å². The van der Waals surface area contributed by atoms with Gasteiger partial charge in [-0.2, -0.15) is 4.98 Å². The highest BCUT2D eigenvalue weighted by Gasteiger charge is 2.19. The van der Waals surface area contributed by atoms with Gasteiger partial charge in [0.1, 0.15) is 5.58 Å². The summed E-state index contributed by atoms with van der Waals surface area (Å²) in [5, 5.41) is 8.21. The van der Waals surface area contributed by atoms with E-state index < -0.39 is 0 Å². The number of nitrogens with zero attached hydrogens (tertiary/aromatic N) is 2. The largest absolute Gasteiger partial charge is 0.451 e. The fraction of sp³-hybridized carbons (Fsp3) is 0.333. The first-order valence-corrected chi connectivity index (χ1v) is 7.56. The van der Waals surface area contributed by atoms with Gasteiger partial charge in [-0.3, -0.25) is 0 Å². The van der Waals surface area contributed by atoms with E-state index >= 15 is 0 Å². The Bertz CT molecular complexity index is 778. The zero-order valence-corrected chi connectivity index (χ0v) is 13.7. The van der Waals surface area contributed by atoms with E-state index in [0.717, 1.165) is 21.0 Å². The van der Waals surface area contributed by atoms with Crippen LogP contribution in [0.2, 0.25) is 0 Å². The summed E-state index contributed by atoms with van der Waals surface area (Å²) in [6.07, 6.45) is 0.713. The summed E-state index contributed by atoms with van der Waals surface area (Å²) in [5.74, 6) is 1.74. The molecule has 2 heterocycles.